The Labute approximate surface area is 113 Å². The molecule has 6 heteroatoms. The average molecular weight is 266 g/mol. The second-order valence-electron chi connectivity index (χ2n) is 4.24. The van der Waals surface area contributed by atoms with Gasteiger partial charge in [0.15, 0.2) is 5.96 Å². The first-order valence-corrected chi connectivity index (χ1v) is 6.42. The highest BCUT2D eigenvalue weighted by atomic mass is 16.3. The van der Waals surface area contributed by atoms with Crippen molar-refractivity contribution in [3.8, 4) is 0 Å². The Bertz CT molecular complexity index is 401. The number of rotatable bonds is 6. The van der Waals surface area contributed by atoms with E-state index in [0.717, 1.165) is 12.2 Å². The molecule has 0 aliphatic heterocycles. The summed E-state index contributed by atoms with van der Waals surface area (Å²) in [5, 5.41) is 8.90. The third kappa shape index (κ3) is 5.94. The molecular weight excluding hydrogens is 244 g/mol. The molecule has 1 aromatic rings. The summed E-state index contributed by atoms with van der Waals surface area (Å²) in [7, 11) is 1.68. The van der Waals surface area contributed by atoms with Gasteiger partial charge in [-0.15, -0.1) is 0 Å². The van der Waals surface area contributed by atoms with Gasteiger partial charge in [0.2, 0.25) is 5.91 Å². The van der Waals surface area contributed by atoms with E-state index < -0.39 is 0 Å². The third-order valence-electron chi connectivity index (χ3n) is 2.68. The predicted molar refractivity (Wildman–Crippen MR) is 74.8 cm³/mol. The molecule has 1 rings (SSSR count). The van der Waals surface area contributed by atoms with E-state index in [9.17, 15) is 4.79 Å². The Morgan fingerprint density at radius 2 is 2.26 bits per heavy atom. The van der Waals surface area contributed by atoms with Gasteiger partial charge in [0.1, 0.15) is 5.76 Å². The quantitative estimate of drug-likeness (QED) is 0.527. The molecule has 106 valence electrons. The van der Waals surface area contributed by atoms with E-state index in [1.54, 1.807) is 19.4 Å². The molecule has 0 aliphatic carbocycles. The molecule has 0 spiro atoms. The Morgan fingerprint density at radius 3 is 2.84 bits per heavy atom. The normalized spacial score (nSPS) is 12.9. The molecule has 1 heterocycles. The topological polar surface area (TPSA) is 78.7 Å². The van der Waals surface area contributed by atoms with E-state index in [4.69, 9.17) is 4.42 Å². The Balaban J connectivity index is 2.24. The van der Waals surface area contributed by atoms with E-state index in [1.165, 1.54) is 0 Å². The summed E-state index contributed by atoms with van der Waals surface area (Å²) >= 11 is 0. The van der Waals surface area contributed by atoms with Gasteiger partial charge >= 0.3 is 0 Å². The lowest BCUT2D eigenvalue weighted by molar-refractivity contribution is -0.120. The average Bonchev–Trinajstić information content (AvgIpc) is 2.93. The molecule has 1 aromatic heterocycles. The zero-order valence-corrected chi connectivity index (χ0v) is 11.7. The molecule has 1 amide bonds. The number of carbonyl (C=O) groups excluding carboxylic acids is 1. The highest BCUT2D eigenvalue weighted by molar-refractivity contribution is 5.86. The zero-order valence-electron chi connectivity index (χ0n) is 11.7. The maximum atomic E-state index is 11.6. The largest absolute Gasteiger partial charge is 0.467 e. The van der Waals surface area contributed by atoms with E-state index in [1.807, 2.05) is 6.07 Å². The summed E-state index contributed by atoms with van der Waals surface area (Å²) in [6.45, 7) is 4.71. The second kappa shape index (κ2) is 8.18. The van der Waals surface area contributed by atoms with E-state index in [0.29, 0.717) is 18.5 Å². The summed E-state index contributed by atoms with van der Waals surface area (Å²) in [5.74, 6) is 1.25. The van der Waals surface area contributed by atoms with E-state index in [-0.39, 0.29) is 12.5 Å². The summed E-state index contributed by atoms with van der Waals surface area (Å²) in [5.41, 5.74) is 0. The summed E-state index contributed by atoms with van der Waals surface area (Å²) in [6, 6.07) is 3.92. The number of hydrogen-bond donors (Lipinski definition) is 3. The van der Waals surface area contributed by atoms with Gasteiger partial charge in [0.25, 0.3) is 0 Å². The minimum absolute atomic E-state index is 0.108. The maximum absolute atomic E-state index is 11.6. The molecular formula is C13H22N4O2. The second-order valence-corrected chi connectivity index (χ2v) is 4.24. The number of aliphatic imine (C=N–C) groups is 1. The monoisotopic (exact) mass is 266 g/mol. The third-order valence-corrected chi connectivity index (χ3v) is 2.68. The van der Waals surface area contributed by atoms with Crippen molar-refractivity contribution >= 4 is 11.9 Å². The molecule has 0 saturated heterocycles. The minimum Gasteiger partial charge on any atom is -0.467 e. The minimum atomic E-state index is -0.108. The van der Waals surface area contributed by atoms with Crippen molar-refractivity contribution in [2.75, 3.05) is 13.6 Å². The Morgan fingerprint density at radius 1 is 1.47 bits per heavy atom. The molecule has 0 bridgehead atoms. The molecule has 19 heavy (non-hydrogen) atoms. The van der Waals surface area contributed by atoms with Crippen LogP contribution in [0, 0.1) is 0 Å². The molecule has 0 fully saturated rings. The molecule has 0 aliphatic rings. The van der Waals surface area contributed by atoms with Crippen LogP contribution in [-0.2, 0) is 11.3 Å². The number of amides is 1. The number of hydrogen-bond acceptors (Lipinski definition) is 3. The fourth-order valence-corrected chi connectivity index (χ4v) is 1.36. The molecule has 1 unspecified atom stereocenters. The van der Waals surface area contributed by atoms with Crippen LogP contribution < -0.4 is 16.0 Å². The molecule has 0 radical (unpaired) electrons. The molecule has 0 saturated carbocycles. The summed E-state index contributed by atoms with van der Waals surface area (Å²) in [4.78, 5) is 15.7. The number of carbonyl (C=O) groups is 1. The summed E-state index contributed by atoms with van der Waals surface area (Å²) < 4.78 is 5.13. The van der Waals surface area contributed by atoms with E-state index >= 15 is 0 Å². The first-order chi connectivity index (χ1) is 9.15. The molecule has 6 nitrogen and oxygen atoms in total. The lowest BCUT2D eigenvalue weighted by Crippen LogP contribution is -2.45. The summed E-state index contributed by atoms with van der Waals surface area (Å²) in [6.07, 6.45) is 2.57. The SMILES string of the molecule is CCC(C)NC(=NC)NCC(=O)NCc1ccco1. The van der Waals surface area contributed by atoms with Crippen molar-refractivity contribution in [3.05, 3.63) is 24.2 Å². The first-order valence-electron chi connectivity index (χ1n) is 6.42. The van der Waals surface area contributed by atoms with Gasteiger partial charge in [-0.1, -0.05) is 6.92 Å². The fourth-order valence-electron chi connectivity index (χ4n) is 1.36. The van der Waals surface area contributed by atoms with Crippen molar-refractivity contribution in [1.82, 2.24) is 16.0 Å². The van der Waals surface area contributed by atoms with Crippen LogP contribution in [-0.4, -0.2) is 31.5 Å². The highest BCUT2D eigenvalue weighted by Gasteiger charge is 2.06. The van der Waals surface area contributed by atoms with Gasteiger partial charge in [-0.25, -0.2) is 0 Å². The van der Waals surface area contributed by atoms with Crippen molar-refractivity contribution in [1.29, 1.82) is 0 Å². The Kier molecular flexibility index (Phi) is 6.49. The van der Waals surface area contributed by atoms with Gasteiger partial charge < -0.3 is 20.4 Å². The van der Waals surface area contributed by atoms with Gasteiger partial charge in [0, 0.05) is 13.1 Å². The van der Waals surface area contributed by atoms with Crippen LogP contribution in [0.15, 0.2) is 27.8 Å². The fraction of sp³-hybridized carbons (Fsp3) is 0.538. The number of nitrogens with one attached hydrogen (secondary N) is 3. The number of nitrogens with zero attached hydrogens (tertiary/aromatic N) is 1. The molecule has 1 atom stereocenters. The van der Waals surface area contributed by atoms with Crippen molar-refractivity contribution in [2.24, 2.45) is 4.99 Å². The van der Waals surface area contributed by atoms with Crippen molar-refractivity contribution in [2.45, 2.75) is 32.9 Å². The first kappa shape index (κ1) is 15.1. The predicted octanol–water partition coefficient (Wildman–Crippen LogP) is 0.859. The molecule has 3 N–H and O–H groups in total. The van der Waals surface area contributed by atoms with Crippen LogP contribution in [0.1, 0.15) is 26.0 Å². The van der Waals surface area contributed by atoms with Crippen molar-refractivity contribution < 1.29 is 9.21 Å². The maximum Gasteiger partial charge on any atom is 0.239 e. The Hall–Kier alpha value is -1.98. The zero-order chi connectivity index (χ0) is 14.1. The number of furan rings is 1. The van der Waals surface area contributed by atoms with Crippen LogP contribution >= 0.6 is 0 Å². The highest BCUT2D eigenvalue weighted by Crippen LogP contribution is 1.97. The van der Waals surface area contributed by atoms with E-state index in [2.05, 4.69) is 34.8 Å². The number of guanidine groups is 1. The van der Waals surface area contributed by atoms with Crippen LogP contribution in [0.5, 0.6) is 0 Å². The van der Waals surface area contributed by atoms with Crippen molar-refractivity contribution in [3.63, 3.8) is 0 Å². The van der Waals surface area contributed by atoms with Gasteiger partial charge in [-0.05, 0) is 25.5 Å². The van der Waals surface area contributed by atoms with Crippen LogP contribution in [0.4, 0.5) is 0 Å². The van der Waals surface area contributed by atoms with Gasteiger partial charge in [-0.3, -0.25) is 9.79 Å². The smallest absolute Gasteiger partial charge is 0.239 e. The standard InChI is InChI=1S/C13H22N4O2/c1-4-10(2)17-13(14-3)16-9-12(18)15-8-11-6-5-7-19-11/h5-7,10H,4,8-9H2,1-3H3,(H,15,18)(H2,14,16,17). The lowest BCUT2D eigenvalue weighted by atomic mass is 10.3. The van der Waals surface area contributed by atoms with Gasteiger partial charge in [-0.2, -0.15) is 0 Å². The van der Waals surface area contributed by atoms with Gasteiger partial charge in [0.05, 0.1) is 19.4 Å². The molecule has 0 aromatic carbocycles. The van der Waals surface area contributed by atoms with Crippen LogP contribution in [0.25, 0.3) is 0 Å². The lowest BCUT2D eigenvalue weighted by Gasteiger charge is -2.16. The van der Waals surface area contributed by atoms with Crippen LogP contribution in [0.3, 0.4) is 0 Å². The van der Waals surface area contributed by atoms with Crippen LogP contribution in [0.2, 0.25) is 0 Å².